The van der Waals surface area contributed by atoms with Crippen LogP contribution in [0.15, 0.2) is 176 Å². The van der Waals surface area contributed by atoms with Crippen LogP contribution in [0.2, 0.25) is 0 Å². The van der Waals surface area contributed by atoms with Gasteiger partial charge in [-0.05, 0) is 86.8 Å². The van der Waals surface area contributed by atoms with Crippen molar-refractivity contribution < 1.29 is 0 Å². The van der Waals surface area contributed by atoms with Gasteiger partial charge in [0.05, 0.1) is 11.0 Å². The smallest absolute Gasteiger partial charge is 0.0541 e. The first kappa shape index (κ1) is 26.3. The normalized spacial score (nSPS) is 11.5. The van der Waals surface area contributed by atoms with Gasteiger partial charge in [-0.15, -0.1) is 0 Å². The molecular weight excluding hydrogens is 556 g/mol. The number of para-hydroxylation sites is 2. The molecular formula is C44H30N2. The van der Waals surface area contributed by atoms with E-state index in [1.54, 1.807) is 0 Å². The number of nitrogens with one attached hydrogen (secondary N) is 1. The van der Waals surface area contributed by atoms with Gasteiger partial charge in [0.25, 0.3) is 0 Å². The zero-order valence-electron chi connectivity index (χ0n) is 25.2. The van der Waals surface area contributed by atoms with E-state index in [2.05, 4.69) is 186 Å². The van der Waals surface area contributed by atoms with Crippen molar-refractivity contribution in [3.8, 4) is 27.9 Å². The van der Waals surface area contributed by atoms with Crippen molar-refractivity contribution in [1.82, 2.24) is 4.57 Å². The van der Waals surface area contributed by atoms with Crippen LogP contribution < -0.4 is 5.32 Å². The number of aromatic nitrogens is 1. The van der Waals surface area contributed by atoms with Gasteiger partial charge in [0, 0.05) is 33.4 Å². The van der Waals surface area contributed by atoms with Crippen molar-refractivity contribution in [2.24, 2.45) is 0 Å². The third-order valence-corrected chi connectivity index (χ3v) is 9.17. The molecule has 0 fully saturated rings. The Kier molecular flexibility index (Phi) is 6.17. The number of anilines is 2. The lowest BCUT2D eigenvalue weighted by Gasteiger charge is -2.17. The maximum Gasteiger partial charge on any atom is 0.0541 e. The van der Waals surface area contributed by atoms with Gasteiger partial charge >= 0.3 is 0 Å². The molecule has 0 aliphatic carbocycles. The van der Waals surface area contributed by atoms with Crippen LogP contribution in [0.1, 0.15) is 0 Å². The molecule has 8 aromatic carbocycles. The van der Waals surface area contributed by atoms with Crippen molar-refractivity contribution in [3.63, 3.8) is 0 Å². The topological polar surface area (TPSA) is 17.0 Å². The fourth-order valence-electron chi connectivity index (χ4n) is 7.02. The Morgan fingerprint density at radius 2 is 1.02 bits per heavy atom. The summed E-state index contributed by atoms with van der Waals surface area (Å²) >= 11 is 0. The van der Waals surface area contributed by atoms with Gasteiger partial charge < -0.3 is 9.88 Å². The first-order valence-electron chi connectivity index (χ1n) is 15.8. The van der Waals surface area contributed by atoms with Crippen molar-refractivity contribution in [1.29, 1.82) is 0 Å². The molecule has 0 radical (unpaired) electrons. The first-order valence-corrected chi connectivity index (χ1v) is 15.8. The lowest BCUT2D eigenvalue weighted by Crippen LogP contribution is -1.95. The Hall–Kier alpha value is -6.12. The highest BCUT2D eigenvalue weighted by Gasteiger charge is 2.15. The minimum atomic E-state index is 1.06. The lowest BCUT2D eigenvalue weighted by molar-refractivity contribution is 1.18. The summed E-state index contributed by atoms with van der Waals surface area (Å²) in [4.78, 5) is 0. The van der Waals surface area contributed by atoms with Crippen molar-refractivity contribution in [2.45, 2.75) is 0 Å². The number of rotatable bonds is 5. The molecule has 216 valence electrons. The monoisotopic (exact) mass is 586 g/mol. The molecule has 46 heavy (non-hydrogen) atoms. The van der Waals surface area contributed by atoms with Crippen molar-refractivity contribution in [3.05, 3.63) is 176 Å². The Morgan fingerprint density at radius 1 is 0.391 bits per heavy atom. The molecule has 0 unspecified atom stereocenters. The third-order valence-electron chi connectivity index (χ3n) is 9.17. The summed E-state index contributed by atoms with van der Waals surface area (Å²) in [7, 11) is 0. The zero-order chi connectivity index (χ0) is 30.5. The summed E-state index contributed by atoms with van der Waals surface area (Å²) in [6.45, 7) is 0. The molecule has 0 saturated carbocycles. The van der Waals surface area contributed by atoms with E-state index < -0.39 is 0 Å². The minimum absolute atomic E-state index is 1.06. The average molecular weight is 587 g/mol. The Bertz CT molecular complexity index is 2530. The number of fused-ring (bicyclic) bond motifs is 5. The second kappa shape index (κ2) is 10.8. The quantitative estimate of drug-likeness (QED) is 0.212. The van der Waals surface area contributed by atoms with Crippen LogP contribution in [-0.2, 0) is 0 Å². The molecule has 0 saturated heterocycles. The molecule has 0 bridgehead atoms. The number of hydrogen-bond donors (Lipinski definition) is 1. The second-order valence-corrected chi connectivity index (χ2v) is 11.9. The molecule has 9 aromatic rings. The van der Waals surface area contributed by atoms with Gasteiger partial charge in [-0.2, -0.15) is 0 Å². The molecule has 0 aliphatic rings. The van der Waals surface area contributed by atoms with Gasteiger partial charge in [-0.3, -0.25) is 0 Å². The first-order chi connectivity index (χ1) is 22.8. The van der Waals surface area contributed by atoms with E-state index in [1.807, 2.05) is 0 Å². The lowest BCUT2D eigenvalue weighted by atomic mass is 9.92. The molecule has 2 heteroatoms. The van der Waals surface area contributed by atoms with E-state index in [9.17, 15) is 0 Å². The molecule has 9 rings (SSSR count). The molecule has 1 aromatic heterocycles. The largest absolute Gasteiger partial charge is 0.355 e. The van der Waals surface area contributed by atoms with Crippen molar-refractivity contribution >= 4 is 54.7 Å². The standard InChI is InChI=1S/C44H30N2/c1-2-14-35(15-3-1)46-42-20-9-8-18-38(42)40-29-33(24-28-43(40)46)30-21-25-34(26-22-30)45-41-27-23-32-12-5-7-17-37(32)44(41)39-19-10-13-31-11-4-6-16-36(31)39/h1-29,45H. The maximum absolute atomic E-state index is 3.78. The van der Waals surface area contributed by atoms with E-state index in [1.165, 1.54) is 71.3 Å². The average Bonchev–Trinajstić information content (AvgIpc) is 3.46. The molecule has 1 N–H and O–H groups in total. The summed E-state index contributed by atoms with van der Waals surface area (Å²) in [5.74, 6) is 0. The SMILES string of the molecule is c1ccc(-n2c3ccccc3c3cc(-c4ccc(Nc5ccc6ccccc6c5-c5cccc6ccccc56)cc4)ccc32)cc1. The highest BCUT2D eigenvalue weighted by molar-refractivity contribution is 6.11. The third kappa shape index (κ3) is 4.35. The summed E-state index contributed by atoms with van der Waals surface area (Å²) < 4.78 is 2.36. The zero-order valence-corrected chi connectivity index (χ0v) is 25.2. The van der Waals surface area contributed by atoms with Crippen molar-refractivity contribution in [2.75, 3.05) is 5.32 Å². The van der Waals surface area contributed by atoms with Crippen LogP contribution in [0.25, 0.3) is 71.3 Å². The fourth-order valence-corrected chi connectivity index (χ4v) is 7.02. The Labute approximate surface area is 267 Å². The second-order valence-electron chi connectivity index (χ2n) is 11.9. The highest BCUT2D eigenvalue weighted by atomic mass is 15.0. The predicted octanol–water partition coefficient (Wildman–Crippen LogP) is 12.2. The fraction of sp³-hybridized carbons (Fsp3) is 0. The van der Waals surface area contributed by atoms with Crippen LogP contribution in [-0.4, -0.2) is 4.57 Å². The van der Waals surface area contributed by atoms with Crippen LogP contribution in [0.3, 0.4) is 0 Å². The molecule has 0 atom stereocenters. The van der Waals surface area contributed by atoms with Gasteiger partial charge in [0.2, 0.25) is 0 Å². The highest BCUT2D eigenvalue weighted by Crippen LogP contribution is 2.41. The van der Waals surface area contributed by atoms with Gasteiger partial charge in [-0.1, -0.05) is 127 Å². The minimum Gasteiger partial charge on any atom is -0.355 e. The van der Waals surface area contributed by atoms with E-state index in [0.29, 0.717) is 0 Å². The van der Waals surface area contributed by atoms with E-state index in [4.69, 9.17) is 0 Å². The van der Waals surface area contributed by atoms with Gasteiger partial charge in [-0.25, -0.2) is 0 Å². The summed E-state index contributed by atoms with van der Waals surface area (Å²) in [5.41, 5.74) is 10.6. The molecule has 1 heterocycles. The summed E-state index contributed by atoms with van der Waals surface area (Å²) in [6, 6.07) is 63.3. The Balaban J connectivity index is 1.11. The van der Waals surface area contributed by atoms with Crippen LogP contribution in [0, 0.1) is 0 Å². The number of benzene rings is 8. The van der Waals surface area contributed by atoms with Gasteiger partial charge in [0.1, 0.15) is 0 Å². The molecule has 0 aliphatic heterocycles. The number of hydrogen-bond acceptors (Lipinski definition) is 1. The maximum atomic E-state index is 3.78. The molecule has 2 nitrogen and oxygen atoms in total. The molecule has 0 spiro atoms. The predicted molar refractivity (Wildman–Crippen MR) is 196 cm³/mol. The summed E-state index contributed by atoms with van der Waals surface area (Å²) in [6.07, 6.45) is 0. The van der Waals surface area contributed by atoms with E-state index in [-0.39, 0.29) is 0 Å². The van der Waals surface area contributed by atoms with Gasteiger partial charge in [0.15, 0.2) is 0 Å². The summed E-state index contributed by atoms with van der Waals surface area (Å²) in [5, 5.41) is 11.3. The van der Waals surface area contributed by atoms with E-state index >= 15 is 0 Å². The van der Waals surface area contributed by atoms with E-state index in [0.717, 1.165) is 11.4 Å². The van der Waals surface area contributed by atoms with Crippen LogP contribution in [0.4, 0.5) is 11.4 Å². The number of nitrogens with zero attached hydrogens (tertiary/aromatic N) is 1. The molecule has 0 amide bonds. The van der Waals surface area contributed by atoms with Crippen LogP contribution >= 0.6 is 0 Å². The van der Waals surface area contributed by atoms with Crippen LogP contribution in [0.5, 0.6) is 0 Å². The Morgan fingerprint density at radius 3 is 1.85 bits per heavy atom.